The smallest absolute Gasteiger partial charge is 0.416 e. The van der Waals surface area contributed by atoms with Gasteiger partial charge < -0.3 is 10.1 Å². The first-order valence-corrected chi connectivity index (χ1v) is 8.65. The molecule has 0 aromatic heterocycles. The topological polar surface area (TPSA) is 55.4 Å². The molecule has 0 heterocycles. The molecule has 0 bridgehead atoms. The Hall–Kier alpha value is -3.09. The number of alkyl halides is 3. The number of carbonyl (C=O) groups is 2. The van der Waals surface area contributed by atoms with Crippen LogP contribution in [0, 0.1) is 0 Å². The molecule has 4 nitrogen and oxygen atoms in total. The number of nitrogens with one attached hydrogen (secondary N) is 1. The summed E-state index contributed by atoms with van der Waals surface area (Å²) in [5.74, 6) is -1.34. The molecule has 2 aromatic rings. The molecule has 0 radical (unpaired) electrons. The van der Waals surface area contributed by atoms with Gasteiger partial charge in [-0.15, -0.1) is 0 Å². The summed E-state index contributed by atoms with van der Waals surface area (Å²) in [6, 6.07) is 11.8. The van der Waals surface area contributed by atoms with Crippen LogP contribution in [0.2, 0.25) is 0 Å². The van der Waals surface area contributed by atoms with Crippen LogP contribution in [0.25, 0.3) is 6.08 Å². The Bertz CT molecular complexity index is 858. The van der Waals surface area contributed by atoms with E-state index in [0.717, 1.165) is 30.2 Å². The molecule has 2 rings (SSSR count). The molecule has 0 saturated carbocycles. The lowest BCUT2D eigenvalue weighted by molar-refractivity contribution is -0.148. The monoisotopic (exact) mass is 391 g/mol. The minimum Gasteiger partial charge on any atom is -0.449 e. The second-order valence-corrected chi connectivity index (χ2v) is 6.08. The van der Waals surface area contributed by atoms with Crippen LogP contribution in [0.4, 0.5) is 18.9 Å². The van der Waals surface area contributed by atoms with Crippen molar-refractivity contribution in [1.82, 2.24) is 0 Å². The summed E-state index contributed by atoms with van der Waals surface area (Å²) in [5, 5.41) is 2.63. The van der Waals surface area contributed by atoms with Gasteiger partial charge in [0.05, 0.1) is 5.56 Å². The fraction of sp³-hybridized carbons (Fsp3) is 0.238. The number of amides is 1. The Labute approximate surface area is 161 Å². The molecule has 148 valence electrons. The molecule has 1 unspecified atom stereocenters. The Balaban J connectivity index is 1.92. The molecular weight excluding hydrogens is 371 g/mol. The first-order chi connectivity index (χ1) is 13.2. The Morgan fingerprint density at radius 1 is 1.14 bits per heavy atom. The fourth-order valence-electron chi connectivity index (χ4n) is 2.32. The van der Waals surface area contributed by atoms with Crippen molar-refractivity contribution in [3.05, 3.63) is 71.3 Å². The minimum atomic E-state index is -4.47. The van der Waals surface area contributed by atoms with Crippen LogP contribution in [0.15, 0.2) is 54.6 Å². The van der Waals surface area contributed by atoms with Gasteiger partial charge in [-0.2, -0.15) is 13.2 Å². The normalized spacial score (nSPS) is 12.6. The average molecular weight is 391 g/mol. The van der Waals surface area contributed by atoms with Crippen molar-refractivity contribution in [2.45, 2.75) is 32.5 Å². The molecule has 0 saturated heterocycles. The minimum absolute atomic E-state index is 0.194. The van der Waals surface area contributed by atoms with Crippen molar-refractivity contribution >= 4 is 23.6 Å². The first kappa shape index (κ1) is 21.2. The SMILES string of the molecule is CCc1ccc(NC(=O)C(C)OC(=O)C=Cc2cccc(C(F)(F)F)c2)cc1. The molecular formula is C21H20F3NO3. The number of rotatable bonds is 6. The van der Waals surface area contributed by atoms with Crippen LogP contribution >= 0.6 is 0 Å². The maximum atomic E-state index is 12.7. The summed E-state index contributed by atoms with van der Waals surface area (Å²) < 4.78 is 43.1. The molecule has 7 heteroatoms. The predicted molar refractivity (Wildman–Crippen MR) is 100 cm³/mol. The Kier molecular flexibility index (Phi) is 6.98. The van der Waals surface area contributed by atoms with Crippen molar-refractivity contribution in [2.75, 3.05) is 5.32 Å². The number of esters is 1. The van der Waals surface area contributed by atoms with E-state index < -0.39 is 29.7 Å². The second kappa shape index (κ2) is 9.21. The van der Waals surface area contributed by atoms with E-state index in [1.54, 1.807) is 12.1 Å². The van der Waals surface area contributed by atoms with Crippen molar-refractivity contribution in [3.63, 3.8) is 0 Å². The Morgan fingerprint density at radius 2 is 1.82 bits per heavy atom. The van der Waals surface area contributed by atoms with Gasteiger partial charge in [0, 0.05) is 11.8 Å². The van der Waals surface area contributed by atoms with Crippen LogP contribution in [-0.4, -0.2) is 18.0 Å². The highest BCUT2D eigenvalue weighted by Crippen LogP contribution is 2.29. The van der Waals surface area contributed by atoms with Crippen LogP contribution in [0.5, 0.6) is 0 Å². The quantitative estimate of drug-likeness (QED) is 0.566. The molecule has 1 atom stereocenters. The van der Waals surface area contributed by atoms with E-state index in [9.17, 15) is 22.8 Å². The molecule has 28 heavy (non-hydrogen) atoms. The highest BCUT2D eigenvalue weighted by atomic mass is 19.4. The van der Waals surface area contributed by atoms with Gasteiger partial charge in [0.25, 0.3) is 5.91 Å². The molecule has 2 aromatic carbocycles. The largest absolute Gasteiger partial charge is 0.449 e. The van der Waals surface area contributed by atoms with E-state index in [-0.39, 0.29) is 5.56 Å². The number of halogens is 3. The fourth-order valence-corrected chi connectivity index (χ4v) is 2.32. The highest BCUT2D eigenvalue weighted by Gasteiger charge is 2.30. The molecule has 0 fully saturated rings. The number of carbonyl (C=O) groups excluding carboxylic acids is 2. The molecule has 1 amide bonds. The summed E-state index contributed by atoms with van der Waals surface area (Å²) in [6.07, 6.45) is -2.47. The van der Waals surface area contributed by atoms with Crippen molar-refractivity contribution in [1.29, 1.82) is 0 Å². The van der Waals surface area contributed by atoms with Crippen molar-refractivity contribution in [2.24, 2.45) is 0 Å². The lowest BCUT2D eigenvalue weighted by Gasteiger charge is -2.12. The van der Waals surface area contributed by atoms with Gasteiger partial charge in [-0.1, -0.05) is 31.2 Å². The molecule has 1 N–H and O–H groups in total. The van der Waals surface area contributed by atoms with Gasteiger partial charge in [0.15, 0.2) is 6.10 Å². The van der Waals surface area contributed by atoms with Gasteiger partial charge in [0.1, 0.15) is 0 Å². The zero-order chi connectivity index (χ0) is 20.7. The summed E-state index contributed by atoms with van der Waals surface area (Å²) in [5.41, 5.74) is 1.08. The number of anilines is 1. The van der Waals surface area contributed by atoms with E-state index >= 15 is 0 Å². The van der Waals surface area contributed by atoms with Crippen LogP contribution in [-0.2, 0) is 26.9 Å². The zero-order valence-electron chi connectivity index (χ0n) is 15.4. The maximum absolute atomic E-state index is 12.7. The molecule has 0 aliphatic rings. The van der Waals surface area contributed by atoms with E-state index in [2.05, 4.69) is 5.32 Å². The molecule has 0 spiro atoms. The summed E-state index contributed by atoms with van der Waals surface area (Å²) >= 11 is 0. The number of ether oxygens (including phenoxy) is 1. The lowest BCUT2D eigenvalue weighted by Crippen LogP contribution is -2.29. The lowest BCUT2D eigenvalue weighted by atomic mass is 10.1. The van der Waals surface area contributed by atoms with E-state index in [0.29, 0.717) is 5.69 Å². The van der Waals surface area contributed by atoms with Crippen molar-refractivity contribution < 1.29 is 27.5 Å². The summed E-state index contributed by atoms with van der Waals surface area (Å²) in [4.78, 5) is 23.9. The third-order valence-electron chi connectivity index (χ3n) is 3.92. The number of aryl methyl sites for hydroxylation is 1. The first-order valence-electron chi connectivity index (χ1n) is 8.65. The van der Waals surface area contributed by atoms with Crippen LogP contribution in [0.1, 0.15) is 30.5 Å². The summed E-state index contributed by atoms with van der Waals surface area (Å²) in [6.45, 7) is 3.42. The van der Waals surface area contributed by atoms with Crippen LogP contribution < -0.4 is 5.32 Å². The van der Waals surface area contributed by atoms with E-state index in [4.69, 9.17) is 4.74 Å². The van der Waals surface area contributed by atoms with E-state index in [1.165, 1.54) is 25.1 Å². The highest BCUT2D eigenvalue weighted by molar-refractivity contribution is 5.96. The standard InChI is InChI=1S/C21H20F3NO3/c1-3-15-7-10-18(11-8-15)25-20(27)14(2)28-19(26)12-9-16-5-4-6-17(13-16)21(22,23)24/h4-14H,3H2,1-2H3,(H,25,27). The zero-order valence-corrected chi connectivity index (χ0v) is 15.4. The van der Waals surface area contributed by atoms with Gasteiger partial charge in [-0.3, -0.25) is 4.79 Å². The maximum Gasteiger partial charge on any atom is 0.416 e. The number of benzene rings is 2. The van der Waals surface area contributed by atoms with Gasteiger partial charge >= 0.3 is 12.1 Å². The van der Waals surface area contributed by atoms with Crippen molar-refractivity contribution in [3.8, 4) is 0 Å². The number of hydrogen-bond acceptors (Lipinski definition) is 3. The van der Waals surface area contributed by atoms with E-state index in [1.807, 2.05) is 19.1 Å². The Morgan fingerprint density at radius 3 is 2.43 bits per heavy atom. The van der Waals surface area contributed by atoms with Crippen LogP contribution in [0.3, 0.4) is 0 Å². The van der Waals surface area contributed by atoms with Gasteiger partial charge in [-0.25, -0.2) is 4.79 Å². The molecule has 0 aliphatic heterocycles. The third kappa shape index (κ3) is 6.26. The number of hydrogen-bond donors (Lipinski definition) is 1. The average Bonchev–Trinajstić information content (AvgIpc) is 2.66. The van der Waals surface area contributed by atoms with Gasteiger partial charge in [0.2, 0.25) is 0 Å². The second-order valence-electron chi connectivity index (χ2n) is 6.08. The third-order valence-corrected chi connectivity index (χ3v) is 3.92. The van der Waals surface area contributed by atoms with Gasteiger partial charge in [-0.05, 0) is 54.8 Å². The predicted octanol–water partition coefficient (Wildman–Crippen LogP) is 4.85. The molecule has 0 aliphatic carbocycles. The summed E-state index contributed by atoms with van der Waals surface area (Å²) in [7, 11) is 0.